The third kappa shape index (κ3) is 10.6. The summed E-state index contributed by atoms with van der Waals surface area (Å²) in [5.74, 6) is 0. The Balaban J connectivity index is 0.000000281. The van der Waals surface area contributed by atoms with Crippen molar-refractivity contribution in [2.75, 3.05) is 14.1 Å². The molecular weight excluding hydrogens is 582 g/mol. The number of rotatable bonds is 8. The number of hydrogen-bond donors (Lipinski definition) is 0. The normalized spacial score (nSPS) is 12.0. The topological polar surface area (TPSA) is 76.7 Å². The second-order valence-corrected chi connectivity index (χ2v) is 8.67. The molecule has 0 aliphatic heterocycles. The Labute approximate surface area is 263 Å². The molecule has 41 heavy (non-hydrogen) atoms. The minimum absolute atomic E-state index is 0. The molecule has 0 fully saturated rings. The number of para-hydroxylation sites is 2. The molecule has 0 saturated carbocycles. The van der Waals surface area contributed by atoms with Crippen molar-refractivity contribution in [1.29, 1.82) is 5.26 Å². The van der Waals surface area contributed by atoms with Crippen LogP contribution >= 0.6 is 0 Å². The molecule has 0 aromatic heterocycles. The molecule has 4 rings (SSSR count). The standard InChI is InChI=1S/C18H16N3.C17H17N2.Zr/c1-14(21-16-11-7-4-8-12-16)17(13-19)18(20-2)15-9-5-3-6-10-15;1-14(19-16-11-7-4-8-12-16)13-17(18-2)15-9-5-3-6-10-15;/h3-12H,1-2H3;3-13H,1-2H3;/q2*-1;+2. The van der Waals surface area contributed by atoms with Crippen LogP contribution in [0.3, 0.4) is 0 Å². The van der Waals surface area contributed by atoms with E-state index in [0.29, 0.717) is 17.0 Å². The van der Waals surface area contributed by atoms with Crippen LogP contribution in [0, 0.1) is 11.3 Å². The maximum atomic E-state index is 9.49. The van der Waals surface area contributed by atoms with Crippen molar-refractivity contribution in [2.45, 2.75) is 13.8 Å². The number of benzene rings is 4. The number of nitrogens with zero attached hydrogens (tertiary/aromatic N) is 5. The monoisotopic (exact) mass is 613 g/mol. The van der Waals surface area contributed by atoms with E-state index in [1.54, 1.807) is 14.1 Å². The van der Waals surface area contributed by atoms with Gasteiger partial charge in [-0.1, -0.05) is 103 Å². The van der Waals surface area contributed by atoms with E-state index in [-0.39, 0.29) is 26.2 Å². The second-order valence-electron chi connectivity index (χ2n) is 8.67. The Morgan fingerprint density at radius 2 is 1.07 bits per heavy atom. The van der Waals surface area contributed by atoms with E-state index in [0.717, 1.165) is 33.9 Å². The molecule has 0 amide bonds. The van der Waals surface area contributed by atoms with Crippen LogP contribution in [0.15, 0.2) is 143 Å². The first-order valence-corrected chi connectivity index (χ1v) is 12.9. The molecule has 202 valence electrons. The molecular formula is C35H33N5Zr. The summed E-state index contributed by atoms with van der Waals surface area (Å²) in [6.07, 6.45) is 2.00. The summed E-state index contributed by atoms with van der Waals surface area (Å²) >= 11 is 0. The van der Waals surface area contributed by atoms with Crippen LogP contribution < -0.4 is 0 Å². The van der Waals surface area contributed by atoms with Gasteiger partial charge in [-0.05, 0) is 49.2 Å². The van der Waals surface area contributed by atoms with Crippen LogP contribution in [0.25, 0.3) is 22.0 Å². The van der Waals surface area contributed by atoms with Crippen molar-refractivity contribution in [3.05, 3.63) is 155 Å². The van der Waals surface area contributed by atoms with E-state index < -0.39 is 0 Å². The third-order valence-electron chi connectivity index (χ3n) is 5.75. The number of allylic oxidation sites excluding steroid dienone is 2. The Bertz CT molecular complexity index is 1500. The summed E-state index contributed by atoms with van der Waals surface area (Å²) in [5.41, 5.74) is 7.50. The van der Waals surface area contributed by atoms with Gasteiger partial charge in [-0.3, -0.25) is 9.98 Å². The van der Waals surface area contributed by atoms with Gasteiger partial charge in [0.05, 0.1) is 28.7 Å². The molecule has 0 spiro atoms. The SMILES string of the molecule is C[N-]C(=C(C#N)C(C)=Nc1ccccc1)c1ccccc1.C[N-]C(=CC(C)=Nc1ccccc1)c1ccccc1.[Zr+2]. The Kier molecular flexibility index (Phi) is 14.5. The molecule has 4 aromatic rings. The van der Waals surface area contributed by atoms with Gasteiger partial charge in [-0.15, -0.1) is 25.5 Å². The first-order chi connectivity index (χ1) is 19.5. The van der Waals surface area contributed by atoms with Crippen LogP contribution in [0.4, 0.5) is 11.4 Å². The predicted molar refractivity (Wildman–Crippen MR) is 170 cm³/mol. The molecule has 0 heterocycles. The quantitative estimate of drug-likeness (QED) is 0.144. The van der Waals surface area contributed by atoms with Gasteiger partial charge in [0.15, 0.2) is 0 Å². The number of hydrogen-bond acceptors (Lipinski definition) is 3. The smallest absolute Gasteiger partial charge is 0.686 e. The van der Waals surface area contributed by atoms with Crippen LogP contribution in [0.1, 0.15) is 25.0 Å². The van der Waals surface area contributed by atoms with E-state index in [2.05, 4.69) is 38.8 Å². The Morgan fingerprint density at radius 3 is 1.51 bits per heavy atom. The average Bonchev–Trinajstić information content (AvgIpc) is 3.00. The van der Waals surface area contributed by atoms with Gasteiger partial charge in [0, 0.05) is 5.71 Å². The summed E-state index contributed by atoms with van der Waals surface area (Å²) in [4.78, 5) is 9.05. The fourth-order valence-corrected chi connectivity index (χ4v) is 3.86. The van der Waals surface area contributed by atoms with Gasteiger partial charge in [-0.2, -0.15) is 5.26 Å². The van der Waals surface area contributed by atoms with E-state index in [1.807, 2.05) is 129 Å². The largest absolute Gasteiger partial charge is 2.00 e. The van der Waals surface area contributed by atoms with Crippen LogP contribution in [0.5, 0.6) is 0 Å². The van der Waals surface area contributed by atoms with Crippen molar-refractivity contribution < 1.29 is 26.2 Å². The zero-order valence-corrected chi connectivity index (χ0v) is 26.3. The zero-order chi connectivity index (χ0) is 28.6. The van der Waals surface area contributed by atoms with Gasteiger partial charge in [-0.25, -0.2) is 0 Å². The average molecular weight is 615 g/mol. The summed E-state index contributed by atoms with van der Waals surface area (Å²) in [5, 5.41) is 18.1. The fourth-order valence-electron chi connectivity index (χ4n) is 3.86. The van der Waals surface area contributed by atoms with Crippen LogP contribution in [-0.4, -0.2) is 25.5 Å². The maximum absolute atomic E-state index is 9.49. The summed E-state index contributed by atoms with van der Waals surface area (Å²) < 4.78 is 0. The van der Waals surface area contributed by atoms with Crippen molar-refractivity contribution >= 4 is 34.2 Å². The van der Waals surface area contributed by atoms with Gasteiger partial charge in [0.1, 0.15) is 0 Å². The van der Waals surface area contributed by atoms with E-state index >= 15 is 0 Å². The first-order valence-electron chi connectivity index (χ1n) is 12.9. The Hall–Kier alpha value is -4.33. The van der Waals surface area contributed by atoms with E-state index in [9.17, 15) is 5.26 Å². The molecule has 4 aromatic carbocycles. The van der Waals surface area contributed by atoms with E-state index in [1.165, 1.54) is 0 Å². The third-order valence-corrected chi connectivity index (χ3v) is 5.75. The van der Waals surface area contributed by atoms with Crippen LogP contribution in [-0.2, 0) is 26.2 Å². The van der Waals surface area contributed by atoms with Crippen LogP contribution in [0.2, 0.25) is 0 Å². The summed E-state index contributed by atoms with van der Waals surface area (Å²) in [6, 6.07) is 41.6. The zero-order valence-electron chi connectivity index (χ0n) is 23.9. The van der Waals surface area contributed by atoms with E-state index in [4.69, 9.17) is 0 Å². The summed E-state index contributed by atoms with van der Waals surface area (Å²) in [7, 11) is 3.49. The molecule has 5 nitrogen and oxygen atoms in total. The molecule has 0 aliphatic carbocycles. The predicted octanol–water partition coefficient (Wildman–Crippen LogP) is 9.54. The summed E-state index contributed by atoms with van der Waals surface area (Å²) in [6.45, 7) is 3.82. The fraction of sp³-hybridized carbons (Fsp3) is 0.114. The van der Waals surface area contributed by atoms with Crippen molar-refractivity contribution in [2.24, 2.45) is 9.98 Å². The molecule has 0 unspecified atom stereocenters. The Morgan fingerprint density at radius 1 is 0.634 bits per heavy atom. The van der Waals surface area contributed by atoms with Gasteiger partial charge >= 0.3 is 26.2 Å². The van der Waals surface area contributed by atoms with Crippen molar-refractivity contribution in [3.63, 3.8) is 0 Å². The van der Waals surface area contributed by atoms with Gasteiger partial charge in [0.25, 0.3) is 0 Å². The molecule has 0 aliphatic rings. The van der Waals surface area contributed by atoms with Crippen molar-refractivity contribution in [1.82, 2.24) is 0 Å². The molecule has 6 heteroatoms. The van der Waals surface area contributed by atoms with Crippen molar-refractivity contribution in [3.8, 4) is 6.07 Å². The minimum atomic E-state index is 0. The molecule has 0 radical (unpaired) electrons. The first kappa shape index (κ1) is 32.9. The maximum Gasteiger partial charge on any atom is 2.00 e. The number of nitriles is 1. The molecule has 0 N–H and O–H groups in total. The van der Waals surface area contributed by atoms with Gasteiger partial charge < -0.3 is 10.6 Å². The second kappa shape index (κ2) is 18.1. The van der Waals surface area contributed by atoms with Gasteiger partial charge in [0.2, 0.25) is 0 Å². The molecule has 0 bridgehead atoms. The molecule has 0 saturated heterocycles. The molecule has 0 atom stereocenters. The number of aliphatic imine (C=N–C) groups is 2. The minimum Gasteiger partial charge on any atom is -0.686 e.